The Morgan fingerprint density at radius 2 is 1.87 bits per heavy atom. The normalized spacial score (nSPS) is 14.6. The molecule has 1 aromatic carbocycles. The summed E-state index contributed by atoms with van der Waals surface area (Å²) in [5.41, 5.74) is 4.17. The minimum Gasteiger partial charge on any atom is -0.315 e. The molecule has 1 N–H and O–H groups in total. The number of hydrogen-bond donors (Lipinski definition) is 1. The Balaban J connectivity index is 1.43. The number of nitrogens with one attached hydrogen (secondary N) is 1. The molecule has 0 saturated heterocycles. The molecule has 2 aliphatic heterocycles. The van der Waals surface area contributed by atoms with Gasteiger partial charge >= 0.3 is 0 Å². The number of aromatic nitrogens is 4. The maximum Gasteiger partial charge on any atom is 0.262 e. The Hall–Kier alpha value is -3.20. The summed E-state index contributed by atoms with van der Waals surface area (Å²) >= 11 is 1.38. The number of carbonyl (C=O) groups excluding carboxylic acids is 1. The van der Waals surface area contributed by atoms with Crippen molar-refractivity contribution in [3.05, 3.63) is 78.3 Å². The molecular weight excluding hydrogens is 420 g/mol. The maximum absolute atomic E-state index is 14.4. The molecule has 6 nitrogen and oxygen atoms in total. The average molecular weight is 439 g/mol. The van der Waals surface area contributed by atoms with Crippen molar-refractivity contribution in [2.45, 2.75) is 29.8 Å². The molecule has 9 heteroatoms. The van der Waals surface area contributed by atoms with Gasteiger partial charge in [-0.1, -0.05) is 23.9 Å². The molecular formula is C22H19F2N5OS. The van der Waals surface area contributed by atoms with E-state index in [9.17, 15) is 13.6 Å². The highest BCUT2D eigenvalue weighted by molar-refractivity contribution is 7.98. The number of rotatable bonds is 7. The average Bonchev–Trinajstić information content (AvgIpc) is 3.27. The highest BCUT2D eigenvalue weighted by Crippen LogP contribution is 2.42. The fourth-order valence-electron chi connectivity index (χ4n) is 3.56. The van der Waals surface area contributed by atoms with Crippen molar-refractivity contribution in [2.75, 3.05) is 5.43 Å². The lowest BCUT2D eigenvalue weighted by Gasteiger charge is -2.22. The Labute approximate surface area is 181 Å². The zero-order valence-corrected chi connectivity index (χ0v) is 17.2. The van der Waals surface area contributed by atoms with Crippen LogP contribution in [0.2, 0.25) is 0 Å². The lowest BCUT2D eigenvalue weighted by atomic mass is 10.1. The van der Waals surface area contributed by atoms with Crippen molar-refractivity contribution < 1.29 is 13.6 Å². The van der Waals surface area contributed by atoms with Crippen molar-refractivity contribution in [1.29, 1.82) is 0 Å². The number of halogens is 2. The SMILES string of the molecule is O=C(Nn1cccc1)C(C1CC1)n1cc(F)cc2nc(SCc3ccc(F)cc3)nc1-2. The van der Waals surface area contributed by atoms with Crippen LogP contribution in [-0.2, 0) is 10.5 Å². The van der Waals surface area contributed by atoms with E-state index in [1.165, 1.54) is 36.2 Å². The van der Waals surface area contributed by atoms with Crippen molar-refractivity contribution in [2.24, 2.45) is 5.92 Å². The zero-order chi connectivity index (χ0) is 21.4. The first-order chi connectivity index (χ1) is 15.1. The Bertz CT molecular complexity index is 1170. The van der Waals surface area contributed by atoms with Gasteiger partial charge in [0.05, 0.1) is 0 Å². The number of benzene rings is 1. The predicted octanol–water partition coefficient (Wildman–Crippen LogP) is 4.48. The maximum atomic E-state index is 14.4. The van der Waals surface area contributed by atoms with Gasteiger partial charge in [-0.3, -0.25) is 14.9 Å². The molecule has 0 radical (unpaired) electrons. The third-order valence-electron chi connectivity index (χ3n) is 5.19. The van der Waals surface area contributed by atoms with Gasteiger partial charge < -0.3 is 4.57 Å². The van der Waals surface area contributed by atoms with Crippen molar-refractivity contribution >= 4 is 17.7 Å². The van der Waals surface area contributed by atoms with Crippen LogP contribution in [0.3, 0.4) is 0 Å². The van der Waals surface area contributed by atoms with E-state index in [0.29, 0.717) is 22.4 Å². The third kappa shape index (κ3) is 4.32. The number of carbonyl (C=O) groups is 1. The van der Waals surface area contributed by atoms with Crippen LogP contribution in [0.5, 0.6) is 0 Å². The number of imidazole rings is 1. The fraction of sp³-hybridized carbons (Fsp3) is 0.227. The van der Waals surface area contributed by atoms with Gasteiger partial charge in [-0.2, -0.15) is 0 Å². The zero-order valence-electron chi connectivity index (χ0n) is 16.4. The van der Waals surface area contributed by atoms with Gasteiger partial charge in [0.25, 0.3) is 5.91 Å². The van der Waals surface area contributed by atoms with Crippen molar-refractivity contribution in [3.63, 3.8) is 0 Å². The molecule has 3 aliphatic rings. The molecule has 158 valence electrons. The summed E-state index contributed by atoms with van der Waals surface area (Å²) < 4.78 is 30.7. The lowest BCUT2D eigenvalue weighted by Crippen LogP contribution is -2.33. The highest BCUT2D eigenvalue weighted by atomic mass is 32.2. The Kier molecular flexibility index (Phi) is 5.19. The summed E-state index contributed by atoms with van der Waals surface area (Å²) in [7, 11) is 0. The van der Waals surface area contributed by atoms with Crippen LogP contribution in [0.4, 0.5) is 8.78 Å². The quantitative estimate of drug-likeness (QED) is 0.432. The van der Waals surface area contributed by atoms with E-state index in [4.69, 9.17) is 0 Å². The summed E-state index contributed by atoms with van der Waals surface area (Å²) in [5, 5.41) is 0.485. The minimum absolute atomic E-state index is 0.123. The molecule has 5 rings (SSSR count). The molecule has 0 bridgehead atoms. The molecule has 3 heterocycles. The second-order valence-corrected chi connectivity index (χ2v) is 8.49. The monoisotopic (exact) mass is 439 g/mol. The standard InChI is InChI=1S/C22H19F2N5OS/c23-16-7-3-14(4-8-16)13-31-22-25-18-11-17(24)12-29(20(18)26-22)19(15-5-6-15)21(30)27-28-9-1-2-10-28/h1-4,7-12,15,19H,5-6,13H2,(H,27,30). The largest absolute Gasteiger partial charge is 0.315 e. The van der Waals surface area contributed by atoms with Crippen molar-refractivity contribution in [3.8, 4) is 11.5 Å². The molecule has 31 heavy (non-hydrogen) atoms. The molecule has 1 aliphatic carbocycles. The van der Waals surface area contributed by atoms with Gasteiger partial charge in [0.15, 0.2) is 11.0 Å². The van der Waals surface area contributed by atoms with E-state index < -0.39 is 11.9 Å². The molecule has 1 saturated carbocycles. The summed E-state index contributed by atoms with van der Waals surface area (Å²) in [6.45, 7) is 0. The molecule has 1 unspecified atom stereocenters. The van der Waals surface area contributed by atoms with E-state index in [-0.39, 0.29) is 17.6 Å². The Morgan fingerprint density at radius 1 is 1.13 bits per heavy atom. The predicted molar refractivity (Wildman–Crippen MR) is 113 cm³/mol. The first-order valence-electron chi connectivity index (χ1n) is 9.93. The van der Waals surface area contributed by atoms with E-state index in [2.05, 4.69) is 15.4 Å². The summed E-state index contributed by atoms with van der Waals surface area (Å²) in [6.07, 6.45) is 6.59. The third-order valence-corrected chi connectivity index (χ3v) is 6.11. The van der Waals surface area contributed by atoms with Crippen LogP contribution in [0.15, 0.2) is 66.2 Å². The van der Waals surface area contributed by atoms with Crippen LogP contribution in [0, 0.1) is 17.6 Å². The van der Waals surface area contributed by atoms with E-state index in [1.54, 1.807) is 33.8 Å². The topological polar surface area (TPSA) is 64.7 Å². The van der Waals surface area contributed by atoms with Crippen LogP contribution in [0.1, 0.15) is 24.4 Å². The smallest absolute Gasteiger partial charge is 0.262 e. The fourth-order valence-corrected chi connectivity index (χ4v) is 4.36. The summed E-state index contributed by atoms with van der Waals surface area (Å²) in [4.78, 5) is 22.1. The van der Waals surface area contributed by atoms with E-state index in [1.807, 2.05) is 12.1 Å². The second-order valence-electron chi connectivity index (χ2n) is 7.54. The number of fused-ring (bicyclic) bond motifs is 1. The van der Waals surface area contributed by atoms with Gasteiger partial charge in [0.2, 0.25) is 0 Å². The Morgan fingerprint density at radius 3 is 2.58 bits per heavy atom. The number of pyridine rings is 1. The van der Waals surface area contributed by atoms with Crippen molar-refractivity contribution in [1.82, 2.24) is 19.2 Å². The highest BCUT2D eigenvalue weighted by Gasteiger charge is 2.39. The second kappa shape index (κ2) is 8.14. The summed E-state index contributed by atoms with van der Waals surface area (Å²) in [6, 6.07) is 10.6. The number of nitrogens with zero attached hydrogens (tertiary/aromatic N) is 4. The number of hydrogen-bond acceptors (Lipinski definition) is 4. The van der Waals surface area contributed by atoms with Gasteiger partial charge in [0.1, 0.15) is 23.4 Å². The van der Waals surface area contributed by atoms with Gasteiger partial charge in [0, 0.05) is 30.4 Å². The molecule has 1 atom stereocenters. The van der Waals surface area contributed by atoms with E-state index >= 15 is 0 Å². The van der Waals surface area contributed by atoms with Crippen LogP contribution >= 0.6 is 11.8 Å². The number of amides is 1. The minimum atomic E-state index is -0.577. The lowest BCUT2D eigenvalue weighted by molar-refractivity contribution is -0.120. The van der Waals surface area contributed by atoms with Gasteiger partial charge in [-0.05, 0) is 48.6 Å². The van der Waals surface area contributed by atoms with Crippen LogP contribution in [-0.4, -0.2) is 25.1 Å². The van der Waals surface area contributed by atoms with Gasteiger partial charge in [-0.25, -0.2) is 18.7 Å². The summed E-state index contributed by atoms with van der Waals surface area (Å²) in [5.74, 6) is 0.172. The first-order valence-corrected chi connectivity index (χ1v) is 10.9. The van der Waals surface area contributed by atoms with Gasteiger partial charge in [-0.15, -0.1) is 0 Å². The van der Waals surface area contributed by atoms with Crippen LogP contribution in [0.25, 0.3) is 11.5 Å². The first kappa shape index (κ1) is 19.7. The molecule has 1 aromatic heterocycles. The van der Waals surface area contributed by atoms with E-state index in [0.717, 1.165) is 18.4 Å². The molecule has 1 fully saturated rings. The number of thioether (sulfide) groups is 1. The van der Waals surface area contributed by atoms with Crippen LogP contribution < -0.4 is 5.43 Å². The molecule has 1 amide bonds. The molecule has 0 spiro atoms. The molecule has 2 aromatic rings.